The zero-order valence-corrected chi connectivity index (χ0v) is 23.9. The van der Waals surface area contributed by atoms with Crippen LogP contribution < -0.4 is 24.4 Å². The summed E-state index contributed by atoms with van der Waals surface area (Å²) in [6.45, 7) is 6.15. The maximum absolute atomic E-state index is 13.8. The Bertz CT molecular complexity index is 1780. The zero-order valence-electron chi connectivity index (χ0n) is 23.1. The first kappa shape index (κ1) is 27.1. The van der Waals surface area contributed by atoms with E-state index in [4.69, 9.17) is 14.2 Å². The molecule has 4 aromatic rings. The molecule has 0 amide bonds. The number of carbonyl (C=O) groups excluding carboxylic acids is 1. The van der Waals surface area contributed by atoms with E-state index in [-0.39, 0.29) is 5.56 Å². The number of allylic oxidation sites excluding steroid dienone is 1. The first-order valence-corrected chi connectivity index (χ1v) is 13.6. The van der Waals surface area contributed by atoms with Crippen molar-refractivity contribution in [3.8, 4) is 11.5 Å². The van der Waals surface area contributed by atoms with Crippen molar-refractivity contribution in [1.29, 1.82) is 0 Å². The van der Waals surface area contributed by atoms with Crippen LogP contribution in [0.5, 0.6) is 11.5 Å². The Kier molecular flexibility index (Phi) is 7.71. The lowest BCUT2D eigenvalue weighted by molar-refractivity contribution is -0.136. The van der Waals surface area contributed by atoms with Gasteiger partial charge in [0.25, 0.3) is 5.56 Å². The van der Waals surface area contributed by atoms with Gasteiger partial charge in [-0.15, -0.1) is 0 Å². The highest BCUT2D eigenvalue weighted by atomic mass is 32.1. The van der Waals surface area contributed by atoms with E-state index < -0.39 is 12.0 Å². The zero-order chi connectivity index (χ0) is 28.4. The van der Waals surface area contributed by atoms with Gasteiger partial charge in [0.2, 0.25) is 0 Å². The Morgan fingerprint density at radius 3 is 2.40 bits per heavy atom. The van der Waals surface area contributed by atoms with Gasteiger partial charge in [0.1, 0.15) is 18.1 Å². The SMILES string of the molecule is COC(=O)C1=C(C)N=c2s/c(=C\c3ccc(OC)c(COc4cc(C)cc(C)c4)c3)c(=O)n2[C@@H]1c1ccccc1. The van der Waals surface area contributed by atoms with E-state index in [1.54, 1.807) is 18.6 Å². The highest BCUT2D eigenvalue weighted by Crippen LogP contribution is 2.30. The van der Waals surface area contributed by atoms with Gasteiger partial charge in [-0.3, -0.25) is 9.36 Å². The van der Waals surface area contributed by atoms with E-state index in [1.165, 1.54) is 18.4 Å². The van der Waals surface area contributed by atoms with Gasteiger partial charge < -0.3 is 14.2 Å². The quantitative estimate of drug-likeness (QED) is 0.312. The molecule has 40 heavy (non-hydrogen) atoms. The lowest BCUT2D eigenvalue weighted by Crippen LogP contribution is -2.39. The Hall–Kier alpha value is -4.43. The van der Waals surface area contributed by atoms with Gasteiger partial charge in [-0.1, -0.05) is 53.8 Å². The number of esters is 1. The van der Waals surface area contributed by atoms with Crippen molar-refractivity contribution in [2.45, 2.75) is 33.4 Å². The molecule has 0 bridgehead atoms. The predicted octanol–water partition coefficient (Wildman–Crippen LogP) is 4.61. The molecule has 0 fully saturated rings. The minimum atomic E-state index is -0.635. The number of carbonyl (C=O) groups is 1. The molecule has 3 aromatic carbocycles. The lowest BCUT2D eigenvalue weighted by Gasteiger charge is -2.24. The Labute approximate surface area is 236 Å². The Morgan fingerprint density at radius 2 is 1.73 bits per heavy atom. The molecule has 0 spiro atoms. The van der Waals surface area contributed by atoms with Crippen molar-refractivity contribution >= 4 is 23.4 Å². The van der Waals surface area contributed by atoms with E-state index in [0.717, 1.165) is 33.6 Å². The molecule has 0 radical (unpaired) electrons. The van der Waals surface area contributed by atoms with Gasteiger partial charge in [-0.2, -0.15) is 0 Å². The van der Waals surface area contributed by atoms with E-state index in [2.05, 4.69) is 11.1 Å². The smallest absolute Gasteiger partial charge is 0.338 e. The highest BCUT2D eigenvalue weighted by Gasteiger charge is 2.32. The summed E-state index contributed by atoms with van der Waals surface area (Å²) < 4.78 is 18.8. The van der Waals surface area contributed by atoms with Crippen LogP contribution in [0.3, 0.4) is 0 Å². The molecule has 1 aromatic heterocycles. The van der Waals surface area contributed by atoms with Crippen molar-refractivity contribution in [3.63, 3.8) is 0 Å². The number of aromatic nitrogens is 1. The largest absolute Gasteiger partial charge is 0.496 e. The number of rotatable bonds is 7. The fraction of sp³-hybridized carbons (Fsp3) is 0.219. The number of methoxy groups -OCH3 is 2. The molecule has 0 saturated heterocycles. The fourth-order valence-electron chi connectivity index (χ4n) is 4.97. The third kappa shape index (κ3) is 5.35. The van der Waals surface area contributed by atoms with Crippen molar-refractivity contribution in [2.75, 3.05) is 14.2 Å². The number of ether oxygens (including phenoxy) is 3. The third-order valence-corrected chi connectivity index (χ3v) is 7.72. The van der Waals surface area contributed by atoms with Gasteiger partial charge in [-0.25, -0.2) is 9.79 Å². The normalized spacial score (nSPS) is 14.9. The van der Waals surface area contributed by atoms with Crippen LogP contribution in [0.4, 0.5) is 0 Å². The van der Waals surface area contributed by atoms with Crippen LogP contribution in [0.1, 0.15) is 40.8 Å². The van der Waals surface area contributed by atoms with Crippen molar-refractivity contribution in [3.05, 3.63) is 126 Å². The molecule has 0 saturated carbocycles. The summed E-state index contributed by atoms with van der Waals surface area (Å²) in [5.41, 5.74) is 5.40. The molecule has 0 unspecified atom stereocenters. The molecule has 1 atom stereocenters. The number of nitrogens with zero attached hydrogens (tertiary/aromatic N) is 2. The molecule has 2 heterocycles. The molecule has 1 aliphatic rings. The van der Waals surface area contributed by atoms with Crippen LogP contribution in [-0.4, -0.2) is 24.8 Å². The molecule has 0 N–H and O–H groups in total. The van der Waals surface area contributed by atoms with Crippen LogP contribution in [-0.2, 0) is 16.1 Å². The summed E-state index contributed by atoms with van der Waals surface area (Å²) in [4.78, 5) is 31.7. The third-order valence-electron chi connectivity index (χ3n) is 6.73. The maximum Gasteiger partial charge on any atom is 0.338 e. The Balaban J connectivity index is 1.56. The van der Waals surface area contributed by atoms with E-state index in [0.29, 0.717) is 33.0 Å². The summed E-state index contributed by atoms with van der Waals surface area (Å²) in [6, 6.07) is 20.6. The summed E-state index contributed by atoms with van der Waals surface area (Å²) in [7, 11) is 2.96. The van der Waals surface area contributed by atoms with Crippen molar-refractivity contribution < 1.29 is 19.0 Å². The van der Waals surface area contributed by atoms with E-state index in [1.807, 2.05) is 80.6 Å². The topological polar surface area (TPSA) is 79.1 Å². The molecular formula is C32H30N2O5S. The number of hydrogen-bond acceptors (Lipinski definition) is 7. The molecule has 0 aliphatic carbocycles. The highest BCUT2D eigenvalue weighted by molar-refractivity contribution is 7.07. The number of aryl methyl sites for hydroxylation is 2. The second-order valence-electron chi connectivity index (χ2n) is 9.67. The van der Waals surface area contributed by atoms with Crippen LogP contribution in [0, 0.1) is 13.8 Å². The summed E-state index contributed by atoms with van der Waals surface area (Å²) >= 11 is 1.29. The predicted molar refractivity (Wildman–Crippen MR) is 155 cm³/mol. The summed E-state index contributed by atoms with van der Waals surface area (Å²) in [5.74, 6) is 0.981. The first-order chi connectivity index (χ1) is 19.3. The van der Waals surface area contributed by atoms with Crippen LogP contribution in [0.25, 0.3) is 6.08 Å². The Morgan fingerprint density at radius 1 is 1.00 bits per heavy atom. The van der Waals surface area contributed by atoms with Crippen LogP contribution >= 0.6 is 11.3 Å². The van der Waals surface area contributed by atoms with E-state index >= 15 is 0 Å². The van der Waals surface area contributed by atoms with E-state index in [9.17, 15) is 9.59 Å². The maximum atomic E-state index is 13.8. The van der Waals surface area contributed by atoms with Crippen LogP contribution in [0.15, 0.2) is 87.8 Å². The second kappa shape index (κ2) is 11.4. The molecule has 8 heteroatoms. The van der Waals surface area contributed by atoms with Crippen molar-refractivity contribution in [2.24, 2.45) is 4.99 Å². The van der Waals surface area contributed by atoms with Crippen LogP contribution in [0.2, 0.25) is 0 Å². The van der Waals surface area contributed by atoms with Gasteiger partial charge in [0.05, 0.1) is 36.1 Å². The van der Waals surface area contributed by atoms with Gasteiger partial charge in [0, 0.05) is 5.56 Å². The van der Waals surface area contributed by atoms with Crippen molar-refractivity contribution in [1.82, 2.24) is 4.57 Å². The lowest BCUT2D eigenvalue weighted by atomic mass is 9.96. The molecule has 204 valence electrons. The van der Waals surface area contributed by atoms with Gasteiger partial charge >= 0.3 is 5.97 Å². The second-order valence-corrected chi connectivity index (χ2v) is 10.7. The monoisotopic (exact) mass is 554 g/mol. The molecule has 5 rings (SSSR count). The standard InChI is InChI=1S/C32H30N2O5S/c1-19-13-20(2)15-25(14-19)39-18-24-16-22(11-12-26(24)37-4)17-27-30(35)34-29(23-9-7-6-8-10-23)28(31(36)38-5)21(3)33-32(34)40-27/h6-17,29H,18H2,1-5H3/b27-17-/t29-/m1/s1. The first-order valence-electron chi connectivity index (χ1n) is 12.8. The summed E-state index contributed by atoms with van der Waals surface area (Å²) in [6.07, 6.45) is 1.84. The number of thiazole rings is 1. The number of benzene rings is 3. The number of hydrogen-bond donors (Lipinski definition) is 0. The average Bonchev–Trinajstić information content (AvgIpc) is 3.24. The summed E-state index contributed by atoms with van der Waals surface area (Å²) in [5, 5.41) is 0. The average molecular weight is 555 g/mol. The van der Waals surface area contributed by atoms with Gasteiger partial charge in [-0.05, 0) is 73.4 Å². The minimum absolute atomic E-state index is 0.227. The molecule has 7 nitrogen and oxygen atoms in total. The molecular weight excluding hydrogens is 524 g/mol. The van der Waals surface area contributed by atoms with Gasteiger partial charge in [0.15, 0.2) is 4.80 Å². The number of fused-ring (bicyclic) bond motifs is 1. The molecule has 1 aliphatic heterocycles. The fourth-order valence-corrected chi connectivity index (χ4v) is 6.02. The minimum Gasteiger partial charge on any atom is -0.496 e.